The number of hydrogen-bond donors (Lipinski definition) is 8. The number of thioether (sulfide) groups is 1. The molecule has 0 aromatic carbocycles. The number of terminal acetylenes is 2. The number of rotatable bonds is 1. The minimum Gasteiger partial charge on any atom is -0.364 e. The number of halogens is 4. The van der Waals surface area contributed by atoms with E-state index in [4.69, 9.17) is 53.4 Å². The molecule has 1 amide bonds. The number of hydrogen-bond acceptors (Lipinski definition) is 15. The summed E-state index contributed by atoms with van der Waals surface area (Å²) in [6, 6.07) is 0. The zero-order valence-electron chi connectivity index (χ0n) is 73.3. The Morgan fingerprint density at radius 2 is 0.903 bits per heavy atom. The summed E-state index contributed by atoms with van der Waals surface area (Å²) in [6.07, 6.45) is 32.3. The van der Waals surface area contributed by atoms with Gasteiger partial charge in [-0.2, -0.15) is 0 Å². The molecule has 0 bridgehead atoms. The second kappa shape index (κ2) is 43.3. The molecular weight excluding hydrogens is 1610 g/mol. The normalized spacial score (nSPS) is 13.9. The maximum Gasteiger partial charge on any atom is 0.266 e. The Hall–Kier alpha value is -6.91. The van der Waals surface area contributed by atoms with Crippen LogP contribution in [0.3, 0.4) is 0 Å². The molecule has 0 fully saturated rings. The minimum atomic E-state index is -3.10. The van der Waals surface area contributed by atoms with Gasteiger partial charge in [0.15, 0.2) is 15.0 Å². The average molecular weight is 1740 g/mol. The van der Waals surface area contributed by atoms with Crippen molar-refractivity contribution in [1.29, 1.82) is 0 Å². The number of imidazole rings is 7. The third kappa shape index (κ3) is 39.1. The van der Waals surface area contributed by atoms with Crippen molar-refractivity contribution in [3.63, 3.8) is 0 Å². The Kier molecular flexibility index (Phi) is 40.7. The second-order valence-corrected chi connectivity index (χ2v) is 43.4. The molecule has 1 atom stereocenters. The molecule has 7 aromatic heterocycles. The number of carbonyl (C=O) groups is 1. The summed E-state index contributed by atoms with van der Waals surface area (Å²) < 4.78 is 34.3. The summed E-state index contributed by atoms with van der Waals surface area (Å²) >= 11 is 22.1. The van der Waals surface area contributed by atoms with Crippen LogP contribution in [0.1, 0.15) is 308 Å². The summed E-state index contributed by atoms with van der Waals surface area (Å²) in [5, 5.41) is 3.70. The highest BCUT2D eigenvalue weighted by atomic mass is 79.9. The first-order valence-electron chi connectivity index (χ1n) is 36.7. The first-order valence-corrected chi connectivity index (χ1v) is 43.3. The van der Waals surface area contributed by atoms with E-state index in [-0.39, 0.29) is 66.6 Å². The number of primary amides is 1. The lowest BCUT2D eigenvalue weighted by molar-refractivity contribution is 0.0995. The van der Waals surface area contributed by atoms with E-state index in [2.05, 4.69) is 276 Å². The highest BCUT2D eigenvalue weighted by Gasteiger charge is 2.28. The van der Waals surface area contributed by atoms with Crippen molar-refractivity contribution < 1.29 is 17.4 Å². The van der Waals surface area contributed by atoms with Crippen molar-refractivity contribution >= 4 is 104 Å². The van der Waals surface area contributed by atoms with Crippen LogP contribution in [0.15, 0.2) is 85.9 Å². The van der Waals surface area contributed by atoms with Crippen molar-refractivity contribution in [2.24, 2.45) is 37.0 Å². The van der Waals surface area contributed by atoms with Crippen molar-refractivity contribution in [3.05, 3.63) is 156 Å². The summed E-state index contributed by atoms with van der Waals surface area (Å²) in [5.41, 5.74) is 12.7. The molecule has 3 aliphatic rings. The maximum absolute atomic E-state index is 11.1. The van der Waals surface area contributed by atoms with Gasteiger partial charge in [0.1, 0.15) is 82.8 Å². The van der Waals surface area contributed by atoms with Gasteiger partial charge in [-0.1, -0.05) is 274 Å². The smallest absolute Gasteiger partial charge is 0.266 e. The Morgan fingerprint density at radius 3 is 1.13 bits per heavy atom. The fraction of sp³-hybridized carbons (Fsp3) is 0.583. The molecule has 3 aliphatic heterocycles. The number of nitrogens with one attached hydrogen (secondary N) is 7. The molecule has 10 heterocycles. The van der Waals surface area contributed by atoms with Crippen molar-refractivity contribution in [2.45, 2.75) is 286 Å². The standard InChI is InChI=1S/C10H14N2.C9H12N2.C9H15NO2S.C9H15NOS.C9H15NS.C8H13N3O.C8H14N2.C7H11BrN2.C7H10Cl2N2.C7H11ClN2.CH4/c1-6-8-7(2)11-9(12-8)10(3,4)5;1-5-7-6-10-8(11-7)9(2,3)4;1-9(2,3)7-5-6-8(10-7)13(4,11)12;1-9(2,3)7-5-6-8(10-7)12(4)11;1-9(2,3)7-5-6-8(10-7)11-4;1-8(2,3)7-10-4-5(11-7)6(9)12;1-6-5-9-7(10-6)8(2,3)4;1-7(2,3)6-9-4-5(8)10-6;1-7(2,3)6-10-4(8)5(9)11-6;1-7(2,3)6-9-4-5(8)10-6;/h1H,2-5H3,(H,11,12);1,6H,2-4H3,(H,10,11);5H,6H2,1-4H3;5H,6H2,1-4H3;5H,6H2,1-4H3;4H,1-3H3,(H2,9,12)(H,10,11);5H,1-4H3,(H,9,10);4H,1-3H3,(H,9,10);1-3H3,(H,10,11);4H,1-3H3,(H,9,10);1H4. The molecule has 1 unspecified atom stereocenters. The van der Waals surface area contributed by atoms with Crippen LogP contribution >= 0.6 is 62.5 Å². The average Bonchev–Trinajstić information content (AvgIpc) is 1.70. The predicted octanol–water partition coefficient (Wildman–Crippen LogP) is 21.9. The molecule has 0 radical (unpaired) electrons. The topological polar surface area (TPSA) is 332 Å². The monoisotopic (exact) mass is 1740 g/mol. The van der Waals surface area contributed by atoms with Gasteiger partial charge < -0.3 is 40.6 Å². The largest absolute Gasteiger partial charge is 0.364 e. The van der Waals surface area contributed by atoms with E-state index in [1.807, 2.05) is 88.4 Å². The number of aromatic nitrogens is 14. The molecule has 0 saturated heterocycles. The summed E-state index contributed by atoms with van der Waals surface area (Å²) in [6.45, 7) is 66.8. The first-order chi connectivity index (χ1) is 50.5. The minimum absolute atomic E-state index is 0. The Bertz CT molecular complexity index is 4480. The highest BCUT2D eigenvalue weighted by Crippen LogP contribution is 2.34. The Balaban J connectivity index is 0.00000123. The number of nitrogens with two attached hydrogens (primary N) is 1. The molecule has 9 N–H and O–H groups in total. The van der Waals surface area contributed by atoms with E-state index in [1.54, 1.807) is 36.6 Å². The number of sulfone groups is 1. The number of aryl methyl sites for hydroxylation is 2. The zero-order valence-corrected chi connectivity index (χ0v) is 79.6. The third-order valence-corrected chi connectivity index (χ3v) is 19.4. The van der Waals surface area contributed by atoms with Gasteiger partial charge in [0, 0.05) is 121 Å². The summed E-state index contributed by atoms with van der Waals surface area (Å²) in [7, 11) is -4.00. The van der Waals surface area contributed by atoms with Crippen molar-refractivity contribution in [2.75, 3.05) is 18.8 Å². The SMILES string of the molecule is C.C#Cc1cnc(C(C)(C)C)[nH]1.C#Cc1nc(C(C)(C)C)[nH]c1C.CC(C)(C)C1=CCC(S(C)(=O)=O)=N1.CC(C)(C)c1nc(Cl)c(Cl)[nH]1.CC(C)(C)c1ncc(Br)[nH]1.CC(C)(C)c1ncc(C(N)=O)[nH]1.CC(C)(C)c1ncc(Cl)[nH]1.CS(=O)C1=NC(C(C)(C)C)=CC1.CSC1=NC(C(C)(C)C)=CC1.Cc1cnc(C(C)(C)C)[nH]1. The fourth-order valence-electron chi connectivity index (χ4n) is 8.59. The van der Waals surface area contributed by atoms with E-state index in [9.17, 15) is 17.4 Å². The molecule has 29 heteroatoms. The molecular formula is C84H134BrCl3N18O4S3. The molecule has 10 rings (SSSR count). The van der Waals surface area contributed by atoms with Gasteiger partial charge in [-0.3, -0.25) is 14.0 Å². The Labute approximate surface area is 708 Å². The number of aliphatic imine (C=N–C) groups is 3. The summed E-state index contributed by atoms with van der Waals surface area (Å²) in [5.74, 6) is 11.0. The first kappa shape index (κ1) is 106. The zero-order chi connectivity index (χ0) is 87.3. The van der Waals surface area contributed by atoms with E-state index in [0.29, 0.717) is 27.6 Å². The van der Waals surface area contributed by atoms with Gasteiger partial charge in [-0.05, 0) is 42.0 Å². The van der Waals surface area contributed by atoms with E-state index >= 15 is 0 Å². The van der Waals surface area contributed by atoms with Crippen LogP contribution in [0, 0.1) is 54.8 Å². The third-order valence-electron chi connectivity index (χ3n) is 15.4. The van der Waals surface area contributed by atoms with E-state index < -0.39 is 26.5 Å². The van der Waals surface area contributed by atoms with Gasteiger partial charge in [-0.25, -0.2) is 53.3 Å². The molecule has 0 saturated carbocycles. The molecule has 0 aliphatic carbocycles. The number of H-pyrrole nitrogens is 7. The van der Waals surface area contributed by atoms with Crippen molar-refractivity contribution in [3.8, 4) is 24.7 Å². The fourth-order valence-corrected chi connectivity index (χ4v) is 10.9. The van der Waals surface area contributed by atoms with Crippen LogP contribution in [-0.4, -0.2) is 122 Å². The number of allylic oxidation sites excluding steroid dienone is 6. The quantitative estimate of drug-likeness (QED) is 0.0711. The van der Waals surface area contributed by atoms with Crippen LogP contribution in [0.5, 0.6) is 0 Å². The van der Waals surface area contributed by atoms with Crippen LogP contribution < -0.4 is 5.73 Å². The molecule has 630 valence electrons. The molecule has 0 spiro atoms. The second-order valence-electron chi connectivity index (χ2n) is 37.1. The number of amides is 1. The highest BCUT2D eigenvalue weighted by molar-refractivity contribution is 9.10. The predicted molar refractivity (Wildman–Crippen MR) is 486 cm³/mol. The lowest BCUT2D eigenvalue weighted by atomic mass is 9.92. The lowest BCUT2D eigenvalue weighted by Gasteiger charge is -2.16. The molecule has 22 nitrogen and oxygen atoms in total. The number of nitrogens with zero attached hydrogens (tertiary/aromatic N) is 10. The number of aromatic amines is 7. The van der Waals surface area contributed by atoms with Gasteiger partial charge in [0.2, 0.25) is 0 Å². The van der Waals surface area contributed by atoms with Crippen LogP contribution in [0.4, 0.5) is 0 Å². The van der Waals surface area contributed by atoms with Gasteiger partial charge in [0.05, 0.1) is 40.6 Å². The van der Waals surface area contributed by atoms with E-state index in [0.717, 1.165) is 97.4 Å². The van der Waals surface area contributed by atoms with E-state index in [1.165, 1.54) is 23.2 Å². The summed E-state index contributed by atoms with van der Waals surface area (Å²) in [4.78, 5) is 74.1. The van der Waals surface area contributed by atoms with Gasteiger partial charge in [0.25, 0.3) is 5.91 Å². The maximum atomic E-state index is 11.1. The van der Waals surface area contributed by atoms with Gasteiger partial charge in [-0.15, -0.1) is 24.6 Å². The molecule has 7 aromatic rings. The van der Waals surface area contributed by atoms with Crippen LogP contribution in [0.2, 0.25) is 15.5 Å². The molecule has 113 heavy (non-hydrogen) atoms. The van der Waals surface area contributed by atoms with Gasteiger partial charge >= 0.3 is 0 Å². The van der Waals surface area contributed by atoms with Crippen LogP contribution in [0.25, 0.3) is 0 Å². The number of carbonyl (C=O) groups excluding carboxylic acids is 1. The van der Waals surface area contributed by atoms with Crippen molar-refractivity contribution in [1.82, 2.24) is 69.8 Å². The Morgan fingerprint density at radius 1 is 0.504 bits per heavy atom. The lowest BCUT2D eigenvalue weighted by Crippen LogP contribution is -2.15. The van der Waals surface area contributed by atoms with Crippen LogP contribution in [-0.2, 0) is 58.5 Å².